The quantitative estimate of drug-likeness (QED) is 0.781. The van der Waals surface area contributed by atoms with Gasteiger partial charge in [0, 0.05) is 18.5 Å². The standard InChI is InChI=1S/C15H24N2OS/c1-4-5-6-14(16)15(18)17(2)11-12-7-9-13(19-3)10-8-12/h7-10,14H,4-6,11,16H2,1-3H3. The van der Waals surface area contributed by atoms with Crippen molar-refractivity contribution in [3.05, 3.63) is 29.8 Å². The van der Waals surface area contributed by atoms with Gasteiger partial charge in [-0.1, -0.05) is 31.9 Å². The highest BCUT2D eigenvalue weighted by atomic mass is 32.2. The van der Waals surface area contributed by atoms with Crippen LogP contribution < -0.4 is 5.73 Å². The summed E-state index contributed by atoms with van der Waals surface area (Å²) in [6.07, 6.45) is 4.90. The first-order valence-corrected chi connectivity index (χ1v) is 7.94. The zero-order chi connectivity index (χ0) is 14.3. The first-order chi connectivity index (χ1) is 9.08. The van der Waals surface area contributed by atoms with Crippen LogP contribution in [0.25, 0.3) is 0 Å². The lowest BCUT2D eigenvalue weighted by Gasteiger charge is -2.21. The third-order valence-electron chi connectivity index (χ3n) is 3.14. The van der Waals surface area contributed by atoms with Crippen LogP contribution in [-0.2, 0) is 11.3 Å². The van der Waals surface area contributed by atoms with E-state index in [0.29, 0.717) is 6.54 Å². The predicted octanol–water partition coefficient (Wildman–Crippen LogP) is 2.88. The van der Waals surface area contributed by atoms with E-state index in [-0.39, 0.29) is 11.9 Å². The van der Waals surface area contributed by atoms with Crippen LogP contribution in [0.3, 0.4) is 0 Å². The second-order valence-electron chi connectivity index (χ2n) is 4.79. The summed E-state index contributed by atoms with van der Waals surface area (Å²) in [5.41, 5.74) is 7.04. The number of unbranched alkanes of at least 4 members (excludes halogenated alkanes) is 1. The van der Waals surface area contributed by atoms with Crippen molar-refractivity contribution in [1.82, 2.24) is 4.90 Å². The van der Waals surface area contributed by atoms with Gasteiger partial charge in [-0.25, -0.2) is 0 Å². The minimum Gasteiger partial charge on any atom is -0.340 e. The van der Waals surface area contributed by atoms with Gasteiger partial charge >= 0.3 is 0 Å². The Bertz CT molecular complexity index is 392. The Labute approximate surface area is 120 Å². The van der Waals surface area contributed by atoms with Gasteiger partial charge in [0.05, 0.1) is 6.04 Å². The molecule has 0 bridgehead atoms. The number of likely N-dealkylation sites (N-methyl/N-ethyl adjacent to an activating group) is 1. The van der Waals surface area contributed by atoms with Crippen LogP contribution in [0.2, 0.25) is 0 Å². The lowest BCUT2D eigenvalue weighted by molar-refractivity contribution is -0.132. The Hall–Kier alpha value is -1.00. The summed E-state index contributed by atoms with van der Waals surface area (Å²) in [5.74, 6) is 0.0300. The topological polar surface area (TPSA) is 46.3 Å². The number of carbonyl (C=O) groups excluding carboxylic acids is 1. The van der Waals surface area contributed by atoms with E-state index in [1.807, 2.05) is 7.05 Å². The molecule has 0 saturated carbocycles. The van der Waals surface area contributed by atoms with E-state index < -0.39 is 0 Å². The van der Waals surface area contributed by atoms with Crippen LogP contribution in [0.5, 0.6) is 0 Å². The van der Waals surface area contributed by atoms with Crippen LogP contribution in [0.1, 0.15) is 31.7 Å². The molecule has 1 aromatic rings. The number of amides is 1. The SMILES string of the molecule is CCCCC(N)C(=O)N(C)Cc1ccc(SC)cc1. The Balaban J connectivity index is 2.52. The van der Waals surface area contributed by atoms with Crippen LogP contribution in [0.15, 0.2) is 29.2 Å². The van der Waals surface area contributed by atoms with Crippen molar-refractivity contribution in [2.75, 3.05) is 13.3 Å². The van der Waals surface area contributed by atoms with E-state index in [2.05, 4.69) is 37.4 Å². The molecule has 3 nitrogen and oxygen atoms in total. The number of nitrogens with zero attached hydrogens (tertiary/aromatic N) is 1. The van der Waals surface area contributed by atoms with Gasteiger partial charge in [0.1, 0.15) is 0 Å². The Morgan fingerprint density at radius 2 is 2.00 bits per heavy atom. The van der Waals surface area contributed by atoms with Gasteiger partial charge in [-0.05, 0) is 30.4 Å². The molecule has 1 unspecified atom stereocenters. The van der Waals surface area contributed by atoms with Gasteiger partial charge in [0.15, 0.2) is 0 Å². The van der Waals surface area contributed by atoms with Gasteiger partial charge in [-0.2, -0.15) is 0 Å². The molecule has 1 rings (SSSR count). The molecule has 0 fully saturated rings. The Morgan fingerprint density at radius 1 is 1.37 bits per heavy atom. The van der Waals surface area contributed by atoms with Crippen molar-refractivity contribution in [2.24, 2.45) is 5.73 Å². The first-order valence-electron chi connectivity index (χ1n) is 6.72. The highest BCUT2D eigenvalue weighted by molar-refractivity contribution is 7.98. The maximum Gasteiger partial charge on any atom is 0.239 e. The molecule has 0 radical (unpaired) electrons. The summed E-state index contributed by atoms with van der Waals surface area (Å²) < 4.78 is 0. The molecule has 0 aliphatic rings. The molecule has 0 aliphatic heterocycles. The second kappa shape index (κ2) is 8.23. The zero-order valence-corrected chi connectivity index (χ0v) is 12.9. The molecule has 0 spiro atoms. The molecule has 2 N–H and O–H groups in total. The summed E-state index contributed by atoms with van der Waals surface area (Å²) in [6.45, 7) is 2.72. The van der Waals surface area contributed by atoms with Crippen LogP contribution >= 0.6 is 11.8 Å². The first kappa shape index (κ1) is 16.1. The van der Waals surface area contributed by atoms with Crippen molar-refractivity contribution in [2.45, 2.75) is 43.7 Å². The summed E-state index contributed by atoms with van der Waals surface area (Å²) in [5, 5.41) is 0. The number of rotatable bonds is 7. The van der Waals surface area contributed by atoms with Crippen molar-refractivity contribution in [3.63, 3.8) is 0 Å². The maximum atomic E-state index is 12.1. The number of benzene rings is 1. The fraction of sp³-hybridized carbons (Fsp3) is 0.533. The molecule has 1 amide bonds. The third kappa shape index (κ3) is 5.25. The van der Waals surface area contributed by atoms with Crippen LogP contribution in [-0.4, -0.2) is 30.2 Å². The highest BCUT2D eigenvalue weighted by Gasteiger charge is 2.17. The predicted molar refractivity (Wildman–Crippen MR) is 82.2 cm³/mol. The van der Waals surface area contributed by atoms with Gasteiger partial charge in [0.2, 0.25) is 5.91 Å². The smallest absolute Gasteiger partial charge is 0.239 e. The molecule has 0 aliphatic carbocycles. The maximum absolute atomic E-state index is 12.1. The molecule has 1 aromatic carbocycles. The second-order valence-corrected chi connectivity index (χ2v) is 5.67. The van der Waals surface area contributed by atoms with Crippen molar-refractivity contribution in [3.8, 4) is 0 Å². The van der Waals surface area contributed by atoms with Crippen molar-refractivity contribution < 1.29 is 4.79 Å². The molecule has 106 valence electrons. The van der Waals surface area contributed by atoms with E-state index in [1.165, 1.54) is 4.90 Å². The molecule has 4 heteroatoms. The van der Waals surface area contributed by atoms with E-state index in [4.69, 9.17) is 5.73 Å². The lowest BCUT2D eigenvalue weighted by Crippen LogP contribution is -2.41. The van der Waals surface area contributed by atoms with Gasteiger partial charge in [-0.3, -0.25) is 4.79 Å². The Morgan fingerprint density at radius 3 is 2.53 bits per heavy atom. The van der Waals surface area contributed by atoms with Crippen molar-refractivity contribution >= 4 is 17.7 Å². The number of hydrogen-bond acceptors (Lipinski definition) is 3. The summed E-state index contributed by atoms with van der Waals surface area (Å²) >= 11 is 1.72. The number of thioether (sulfide) groups is 1. The minimum atomic E-state index is -0.365. The van der Waals surface area contributed by atoms with Gasteiger partial charge in [0.25, 0.3) is 0 Å². The van der Waals surface area contributed by atoms with Gasteiger partial charge < -0.3 is 10.6 Å². The number of nitrogens with two attached hydrogens (primary N) is 1. The van der Waals surface area contributed by atoms with Crippen LogP contribution in [0, 0.1) is 0 Å². The zero-order valence-electron chi connectivity index (χ0n) is 12.1. The molecular formula is C15H24N2OS. The van der Waals surface area contributed by atoms with E-state index in [1.54, 1.807) is 16.7 Å². The molecule has 0 saturated heterocycles. The minimum absolute atomic E-state index is 0.0300. The molecule has 0 heterocycles. The van der Waals surface area contributed by atoms with E-state index in [9.17, 15) is 4.79 Å². The summed E-state index contributed by atoms with van der Waals surface area (Å²) in [4.78, 5) is 15.0. The number of hydrogen-bond donors (Lipinski definition) is 1. The molecular weight excluding hydrogens is 256 g/mol. The Kier molecular flexibility index (Phi) is 6.95. The largest absolute Gasteiger partial charge is 0.340 e. The third-order valence-corrected chi connectivity index (χ3v) is 3.88. The lowest BCUT2D eigenvalue weighted by atomic mass is 10.1. The summed E-state index contributed by atoms with van der Waals surface area (Å²) in [6, 6.07) is 7.92. The van der Waals surface area contributed by atoms with Crippen LogP contribution in [0.4, 0.5) is 0 Å². The van der Waals surface area contributed by atoms with E-state index >= 15 is 0 Å². The highest BCUT2D eigenvalue weighted by Crippen LogP contribution is 2.15. The number of carbonyl (C=O) groups is 1. The van der Waals surface area contributed by atoms with Crippen molar-refractivity contribution in [1.29, 1.82) is 0 Å². The fourth-order valence-corrected chi connectivity index (χ4v) is 2.32. The van der Waals surface area contributed by atoms with Gasteiger partial charge in [-0.15, -0.1) is 11.8 Å². The monoisotopic (exact) mass is 280 g/mol. The fourth-order valence-electron chi connectivity index (χ4n) is 1.91. The molecule has 1 atom stereocenters. The molecule has 19 heavy (non-hydrogen) atoms. The average molecular weight is 280 g/mol. The molecule has 0 aromatic heterocycles. The normalized spacial score (nSPS) is 12.2. The van der Waals surface area contributed by atoms with E-state index in [0.717, 1.165) is 24.8 Å². The average Bonchev–Trinajstić information content (AvgIpc) is 2.44. The summed E-state index contributed by atoms with van der Waals surface area (Å²) in [7, 11) is 1.82.